The fourth-order valence-electron chi connectivity index (χ4n) is 1.74. The molecule has 2 heterocycles. The van der Waals surface area contributed by atoms with E-state index in [0.717, 1.165) is 17.9 Å². The van der Waals surface area contributed by atoms with Gasteiger partial charge in [-0.05, 0) is 35.9 Å². The Hall–Kier alpha value is -2.78. The zero-order valence-corrected chi connectivity index (χ0v) is 12.6. The summed E-state index contributed by atoms with van der Waals surface area (Å²) in [7, 11) is 3.66. The smallest absolute Gasteiger partial charge is 0.163 e. The van der Waals surface area contributed by atoms with Crippen LogP contribution in [0.1, 0.15) is 17.0 Å². The number of nitriles is 1. The fourth-order valence-corrected chi connectivity index (χ4v) is 1.74. The second kappa shape index (κ2) is 7.86. The molecule has 0 radical (unpaired) electrons. The van der Waals surface area contributed by atoms with Crippen molar-refractivity contribution in [1.82, 2.24) is 15.2 Å². The van der Waals surface area contributed by atoms with Gasteiger partial charge in [-0.3, -0.25) is 0 Å². The van der Waals surface area contributed by atoms with Crippen LogP contribution in [0, 0.1) is 11.3 Å². The number of likely N-dealkylation sites (N-methyl/N-ethyl adjacent to an activating group) is 1. The predicted molar refractivity (Wildman–Crippen MR) is 85.1 cm³/mol. The third kappa shape index (κ3) is 4.36. The van der Waals surface area contributed by atoms with Crippen LogP contribution in [0.15, 0.2) is 30.5 Å². The zero-order valence-electron chi connectivity index (χ0n) is 12.6. The van der Waals surface area contributed by atoms with Crippen molar-refractivity contribution in [3.63, 3.8) is 0 Å². The molecule has 6 heteroatoms. The molecule has 0 saturated carbocycles. The Morgan fingerprint density at radius 1 is 1.23 bits per heavy atom. The molecule has 0 amide bonds. The van der Waals surface area contributed by atoms with Gasteiger partial charge in [0.25, 0.3) is 0 Å². The topological polar surface area (TPSA) is 74.9 Å². The molecule has 0 fully saturated rings. The number of anilines is 1. The molecular formula is C16H17N5O. The lowest BCUT2D eigenvalue weighted by Gasteiger charge is -2.17. The summed E-state index contributed by atoms with van der Waals surface area (Å²) in [6.45, 7) is 1.46. The molecule has 0 aromatic carbocycles. The molecular weight excluding hydrogens is 278 g/mol. The number of methoxy groups -OCH3 is 1. The first-order chi connectivity index (χ1) is 10.7. The van der Waals surface area contributed by atoms with Crippen LogP contribution in [0.4, 0.5) is 5.82 Å². The summed E-state index contributed by atoms with van der Waals surface area (Å²) in [6, 6.07) is 9.27. The van der Waals surface area contributed by atoms with Crippen molar-refractivity contribution in [2.45, 2.75) is 0 Å². The third-order valence-corrected chi connectivity index (χ3v) is 3.04. The number of aromatic nitrogens is 3. The molecule has 0 atom stereocenters. The lowest BCUT2D eigenvalue weighted by atomic mass is 10.2. The molecule has 112 valence electrons. The lowest BCUT2D eigenvalue weighted by Crippen LogP contribution is -2.22. The third-order valence-electron chi connectivity index (χ3n) is 3.04. The number of hydrogen-bond donors (Lipinski definition) is 0. The SMILES string of the molecule is COCCN(C)c1ccc(C=Cc2ccc(C#N)nn2)cn1. The molecule has 0 unspecified atom stereocenters. The van der Waals surface area contributed by atoms with Crippen molar-refractivity contribution in [3.05, 3.63) is 47.4 Å². The molecule has 0 bridgehead atoms. The molecule has 0 aliphatic carbocycles. The van der Waals surface area contributed by atoms with E-state index in [1.165, 1.54) is 0 Å². The Labute approximate surface area is 129 Å². The van der Waals surface area contributed by atoms with Gasteiger partial charge in [-0.2, -0.15) is 5.26 Å². The van der Waals surface area contributed by atoms with Gasteiger partial charge in [-0.1, -0.05) is 6.08 Å². The highest BCUT2D eigenvalue weighted by atomic mass is 16.5. The molecule has 22 heavy (non-hydrogen) atoms. The minimum Gasteiger partial charge on any atom is -0.383 e. The van der Waals surface area contributed by atoms with E-state index in [1.54, 1.807) is 25.4 Å². The van der Waals surface area contributed by atoms with E-state index in [0.29, 0.717) is 18.0 Å². The number of hydrogen-bond acceptors (Lipinski definition) is 6. The molecule has 2 rings (SSSR count). The Balaban J connectivity index is 2.01. The van der Waals surface area contributed by atoms with E-state index in [4.69, 9.17) is 10.00 Å². The van der Waals surface area contributed by atoms with Crippen LogP contribution in [0.25, 0.3) is 12.2 Å². The number of nitrogens with zero attached hydrogens (tertiary/aromatic N) is 5. The summed E-state index contributed by atoms with van der Waals surface area (Å²) < 4.78 is 5.05. The summed E-state index contributed by atoms with van der Waals surface area (Å²) in [4.78, 5) is 6.44. The van der Waals surface area contributed by atoms with Gasteiger partial charge in [0.1, 0.15) is 11.9 Å². The quantitative estimate of drug-likeness (QED) is 0.811. The van der Waals surface area contributed by atoms with E-state index in [-0.39, 0.29) is 0 Å². The second-order valence-electron chi connectivity index (χ2n) is 4.65. The van der Waals surface area contributed by atoms with Gasteiger partial charge < -0.3 is 9.64 Å². The Kier molecular flexibility index (Phi) is 5.57. The molecule has 0 N–H and O–H groups in total. The predicted octanol–water partition coefficient (Wildman–Crippen LogP) is 2.00. The molecule has 0 aliphatic rings. The van der Waals surface area contributed by atoms with Gasteiger partial charge in [0.15, 0.2) is 5.69 Å². The summed E-state index contributed by atoms with van der Waals surface area (Å²) in [5.74, 6) is 0.896. The minimum atomic E-state index is 0.308. The highest BCUT2D eigenvalue weighted by molar-refractivity contribution is 5.67. The molecule has 0 aliphatic heterocycles. The fraction of sp³-hybridized carbons (Fsp3) is 0.250. The molecule has 2 aromatic heterocycles. The second-order valence-corrected chi connectivity index (χ2v) is 4.65. The monoisotopic (exact) mass is 295 g/mol. The van der Waals surface area contributed by atoms with Crippen molar-refractivity contribution in [1.29, 1.82) is 5.26 Å². The van der Waals surface area contributed by atoms with Crippen LogP contribution in [0.5, 0.6) is 0 Å². The summed E-state index contributed by atoms with van der Waals surface area (Å²) in [5, 5.41) is 16.4. The minimum absolute atomic E-state index is 0.308. The summed E-state index contributed by atoms with van der Waals surface area (Å²) in [5.41, 5.74) is 1.97. The van der Waals surface area contributed by atoms with E-state index in [1.807, 2.05) is 42.3 Å². The van der Waals surface area contributed by atoms with Crippen molar-refractivity contribution in [2.75, 3.05) is 32.2 Å². The van der Waals surface area contributed by atoms with Crippen molar-refractivity contribution in [2.24, 2.45) is 0 Å². The average molecular weight is 295 g/mol. The first-order valence-electron chi connectivity index (χ1n) is 6.81. The van der Waals surface area contributed by atoms with Gasteiger partial charge in [-0.15, -0.1) is 10.2 Å². The summed E-state index contributed by atoms with van der Waals surface area (Å²) in [6.07, 6.45) is 5.54. The average Bonchev–Trinajstić information content (AvgIpc) is 2.58. The highest BCUT2D eigenvalue weighted by Crippen LogP contribution is 2.11. The zero-order chi connectivity index (χ0) is 15.8. The molecule has 0 spiro atoms. The lowest BCUT2D eigenvalue weighted by molar-refractivity contribution is 0.206. The molecule has 6 nitrogen and oxygen atoms in total. The van der Waals surface area contributed by atoms with Gasteiger partial charge in [0, 0.05) is 26.9 Å². The Bertz CT molecular complexity index is 658. The standard InChI is InChI=1S/C16H17N5O/c1-21(9-10-22-2)16-8-4-13(12-18-16)3-5-14-6-7-15(11-17)20-19-14/h3-8,12H,9-10H2,1-2H3. The van der Waals surface area contributed by atoms with Crippen molar-refractivity contribution < 1.29 is 4.74 Å². The van der Waals surface area contributed by atoms with E-state index in [9.17, 15) is 0 Å². The van der Waals surface area contributed by atoms with Gasteiger partial charge in [0.2, 0.25) is 0 Å². The van der Waals surface area contributed by atoms with E-state index < -0.39 is 0 Å². The van der Waals surface area contributed by atoms with Crippen LogP contribution in [-0.4, -0.2) is 42.5 Å². The number of pyridine rings is 1. The van der Waals surface area contributed by atoms with Crippen LogP contribution < -0.4 is 4.90 Å². The van der Waals surface area contributed by atoms with Crippen LogP contribution >= 0.6 is 0 Å². The van der Waals surface area contributed by atoms with Crippen LogP contribution in [0.3, 0.4) is 0 Å². The highest BCUT2D eigenvalue weighted by Gasteiger charge is 2.01. The van der Waals surface area contributed by atoms with E-state index in [2.05, 4.69) is 15.2 Å². The van der Waals surface area contributed by atoms with Crippen molar-refractivity contribution in [3.8, 4) is 6.07 Å². The van der Waals surface area contributed by atoms with Crippen LogP contribution in [0.2, 0.25) is 0 Å². The largest absolute Gasteiger partial charge is 0.383 e. The van der Waals surface area contributed by atoms with Gasteiger partial charge >= 0.3 is 0 Å². The van der Waals surface area contributed by atoms with Crippen LogP contribution in [-0.2, 0) is 4.74 Å². The van der Waals surface area contributed by atoms with Gasteiger partial charge in [0.05, 0.1) is 12.3 Å². The maximum atomic E-state index is 8.67. The first-order valence-corrected chi connectivity index (χ1v) is 6.81. The molecule has 0 saturated heterocycles. The molecule has 2 aromatic rings. The first kappa shape index (κ1) is 15.6. The van der Waals surface area contributed by atoms with Gasteiger partial charge in [-0.25, -0.2) is 4.98 Å². The Morgan fingerprint density at radius 3 is 2.68 bits per heavy atom. The summed E-state index contributed by atoms with van der Waals surface area (Å²) >= 11 is 0. The number of ether oxygens (including phenoxy) is 1. The van der Waals surface area contributed by atoms with E-state index >= 15 is 0 Å². The maximum absolute atomic E-state index is 8.67. The normalized spacial score (nSPS) is 10.6. The Morgan fingerprint density at radius 2 is 2.09 bits per heavy atom. The van der Waals surface area contributed by atoms with Crippen molar-refractivity contribution >= 4 is 18.0 Å². The number of rotatable bonds is 6. The maximum Gasteiger partial charge on any atom is 0.163 e.